The number of benzene rings is 1. The summed E-state index contributed by atoms with van der Waals surface area (Å²) in [6, 6.07) is 3.18. The van der Waals surface area contributed by atoms with Gasteiger partial charge in [0, 0.05) is 5.56 Å². The Labute approximate surface area is 73.5 Å². The molecule has 0 unspecified atom stereocenters. The second-order valence-corrected chi connectivity index (χ2v) is 2.49. The molecular weight excluding hydrogens is 176 g/mol. The van der Waals surface area contributed by atoms with Crippen LogP contribution in [0, 0.1) is 0 Å². The average Bonchev–Trinajstić information content (AvgIpc) is 2.03. The van der Waals surface area contributed by atoms with Crippen LogP contribution in [0.5, 0.6) is 5.75 Å². The number of aromatic hydroxyl groups is 1. The van der Waals surface area contributed by atoms with Crippen LogP contribution in [0.2, 0.25) is 0 Å². The van der Waals surface area contributed by atoms with E-state index in [1.54, 1.807) is 0 Å². The third-order valence-electron chi connectivity index (χ3n) is 1.49. The zero-order valence-electron chi connectivity index (χ0n) is 6.51. The fourth-order valence-corrected chi connectivity index (χ4v) is 0.907. The number of carbonyl (C=O) groups is 1. The number of aliphatic hydroxyl groups is 2. The Balaban J connectivity index is 3.19. The molecule has 0 aliphatic carbocycles. The lowest BCUT2D eigenvalue weighted by atomic mass is 10.1. The number of carboxylic acid groups (broad SMARTS) is 1. The van der Waals surface area contributed by atoms with Crippen molar-refractivity contribution in [2.45, 2.75) is 6.29 Å². The molecule has 0 heterocycles. The second-order valence-electron chi connectivity index (χ2n) is 2.49. The molecule has 5 nitrogen and oxygen atoms in total. The van der Waals surface area contributed by atoms with Crippen molar-refractivity contribution < 1.29 is 25.2 Å². The maximum Gasteiger partial charge on any atom is 0.335 e. The first kappa shape index (κ1) is 9.50. The summed E-state index contributed by atoms with van der Waals surface area (Å²) in [4.78, 5) is 10.5. The number of hydrogen-bond donors (Lipinski definition) is 4. The van der Waals surface area contributed by atoms with Gasteiger partial charge in [-0.25, -0.2) is 4.79 Å². The van der Waals surface area contributed by atoms with E-state index in [-0.39, 0.29) is 16.9 Å². The van der Waals surface area contributed by atoms with E-state index in [4.69, 9.17) is 20.4 Å². The van der Waals surface area contributed by atoms with E-state index in [1.165, 1.54) is 0 Å². The van der Waals surface area contributed by atoms with Crippen LogP contribution in [0.4, 0.5) is 0 Å². The predicted molar refractivity (Wildman–Crippen MR) is 42.2 cm³/mol. The van der Waals surface area contributed by atoms with Gasteiger partial charge in [0.25, 0.3) is 0 Å². The van der Waals surface area contributed by atoms with Gasteiger partial charge < -0.3 is 20.4 Å². The van der Waals surface area contributed by atoms with Crippen molar-refractivity contribution in [3.05, 3.63) is 29.3 Å². The number of rotatable bonds is 2. The molecule has 0 spiro atoms. The minimum Gasteiger partial charge on any atom is -0.508 e. The number of carboxylic acids is 1. The van der Waals surface area contributed by atoms with Crippen molar-refractivity contribution >= 4 is 5.97 Å². The summed E-state index contributed by atoms with van der Waals surface area (Å²) in [5.74, 6) is -1.55. The number of aromatic carboxylic acids is 1. The Hall–Kier alpha value is -1.59. The minimum absolute atomic E-state index is 0.0580. The quantitative estimate of drug-likeness (QED) is 0.488. The molecule has 1 aromatic carbocycles. The van der Waals surface area contributed by atoms with Crippen molar-refractivity contribution in [2.75, 3.05) is 0 Å². The number of phenolic OH excluding ortho intramolecular Hbond substituents is 1. The molecule has 0 saturated heterocycles. The first-order valence-electron chi connectivity index (χ1n) is 3.44. The third-order valence-corrected chi connectivity index (χ3v) is 1.49. The summed E-state index contributed by atoms with van der Waals surface area (Å²) in [6.07, 6.45) is -1.79. The summed E-state index contributed by atoms with van der Waals surface area (Å²) in [5.41, 5.74) is -0.250. The molecule has 0 aliphatic rings. The van der Waals surface area contributed by atoms with Crippen molar-refractivity contribution in [1.29, 1.82) is 0 Å². The lowest BCUT2D eigenvalue weighted by Crippen LogP contribution is -2.00. The van der Waals surface area contributed by atoms with E-state index < -0.39 is 12.3 Å². The summed E-state index contributed by atoms with van der Waals surface area (Å²) >= 11 is 0. The van der Waals surface area contributed by atoms with Crippen LogP contribution < -0.4 is 0 Å². The fourth-order valence-electron chi connectivity index (χ4n) is 0.907. The number of phenols is 1. The summed E-state index contributed by atoms with van der Waals surface area (Å²) in [7, 11) is 0. The molecule has 0 aliphatic heterocycles. The molecule has 0 radical (unpaired) electrons. The highest BCUT2D eigenvalue weighted by atomic mass is 16.5. The molecule has 0 bridgehead atoms. The predicted octanol–water partition coefficient (Wildman–Crippen LogP) is 0.0736. The highest BCUT2D eigenvalue weighted by Gasteiger charge is 2.10. The Bertz CT molecular complexity index is 331. The van der Waals surface area contributed by atoms with Crippen LogP contribution in [0.1, 0.15) is 22.2 Å². The largest absolute Gasteiger partial charge is 0.508 e. The molecule has 0 aromatic heterocycles. The van der Waals surface area contributed by atoms with Crippen LogP contribution in [0.3, 0.4) is 0 Å². The van der Waals surface area contributed by atoms with Gasteiger partial charge in [0.2, 0.25) is 0 Å². The monoisotopic (exact) mass is 184 g/mol. The van der Waals surface area contributed by atoms with Crippen LogP contribution in [0.15, 0.2) is 18.2 Å². The summed E-state index contributed by atoms with van der Waals surface area (Å²) < 4.78 is 0. The van der Waals surface area contributed by atoms with E-state index in [0.29, 0.717) is 0 Å². The highest BCUT2D eigenvalue weighted by molar-refractivity contribution is 5.88. The first-order chi connectivity index (χ1) is 6.00. The molecule has 13 heavy (non-hydrogen) atoms. The maximum absolute atomic E-state index is 10.5. The Morgan fingerprint density at radius 2 is 1.85 bits per heavy atom. The van der Waals surface area contributed by atoms with Gasteiger partial charge in [0.1, 0.15) is 5.75 Å². The standard InChI is InChI=1S/C8H8O5/c9-6-2-4(7(10)11)1-5(3-6)8(12)13/h1-3,7,9-11H,(H,12,13). The third kappa shape index (κ3) is 2.17. The number of hydrogen-bond acceptors (Lipinski definition) is 4. The molecule has 1 aromatic rings. The molecule has 0 amide bonds. The van der Waals surface area contributed by atoms with Crippen molar-refractivity contribution in [3.63, 3.8) is 0 Å². The zero-order chi connectivity index (χ0) is 10.0. The van der Waals surface area contributed by atoms with Gasteiger partial charge in [-0.1, -0.05) is 0 Å². The maximum atomic E-state index is 10.5. The van der Waals surface area contributed by atoms with E-state index in [1.807, 2.05) is 0 Å². The molecule has 0 saturated carbocycles. The average molecular weight is 184 g/mol. The van der Waals surface area contributed by atoms with E-state index in [2.05, 4.69) is 0 Å². The lowest BCUT2D eigenvalue weighted by molar-refractivity contribution is -0.0426. The van der Waals surface area contributed by atoms with Crippen molar-refractivity contribution in [2.24, 2.45) is 0 Å². The van der Waals surface area contributed by atoms with E-state index in [0.717, 1.165) is 18.2 Å². The van der Waals surface area contributed by atoms with Crippen LogP contribution in [0.25, 0.3) is 0 Å². The van der Waals surface area contributed by atoms with Crippen LogP contribution >= 0.6 is 0 Å². The summed E-state index contributed by atoms with van der Waals surface area (Å²) in [6.45, 7) is 0. The smallest absolute Gasteiger partial charge is 0.335 e. The van der Waals surface area contributed by atoms with Gasteiger partial charge in [-0.3, -0.25) is 0 Å². The Kier molecular flexibility index (Phi) is 2.50. The molecule has 1 rings (SSSR count). The van der Waals surface area contributed by atoms with E-state index in [9.17, 15) is 4.79 Å². The van der Waals surface area contributed by atoms with Crippen molar-refractivity contribution in [3.8, 4) is 5.75 Å². The molecule has 70 valence electrons. The Morgan fingerprint density at radius 3 is 2.31 bits per heavy atom. The molecule has 5 heteroatoms. The van der Waals surface area contributed by atoms with Gasteiger partial charge in [-0.15, -0.1) is 0 Å². The number of aliphatic hydroxyl groups excluding tert-OH is 1. The van der Waals surface area contributed by atoms with Gasteiger partial charge in [-0.2, -0.15) is 0 Å². The topological polar surface area (TPSA) is 98.0 Å². The summed E-state index contributed by atoms with van der Waals surface area (Å²) in [5, 5.41) is 35.0. The van der Waals surface area contributed by atoms with Crippen LogP contribution in [-0.2, 0) is 0 Å². The molecule has 4 N–H and O–H groups in total. The zero-order valence-corrected chi connectivity index (χ0v) is 6.51. The molecular formula is C8H8O5. The van der Waals surface area contributed by atoms with Gasteiger partial charge in [-0.05, 0) is 18.2 Å². The molecule has 0 fully saturated rings. The normalized spacial score (nSPS) is 10.4. The minimum atomic E-state index is -1.79. The van der Waals surface area contributed by atoms with Gasteiger partial charge in [0.05, 0.1) is 5.56 Å². The van der Waals surface area contributed by atoms with E-state index >= 15 is 0 Å². The fraction of sp³-hybridized carbons (Fsp3) is 0.125. The van der Waals surface area contributed by atoms with Crippen molar-refractivity contribution in [1.82, 2.24) is 0 Å². The van der Waals surface area contributed by atoms with Crippen LogP contribution in [-0.4, -0.2) is 26.4 Å². The van der Waals surface area contributed by atoms with Gasteiger partial charge >= 0.3 is 5.97 Å². The SMILES string of the molecule is O=C(O)c1cc(O)cc(C(O)O)c1. The highest BCUT2D eigenvalue weighted by Crippen LogP contribution is 2.19. The lowest BCUT2D eigenvalue weighted by Gasteiger charge is -2.05. The van der Waals surface area contributed by atoms with Gasteiger partial charge in [0.15, 0.2) is 6.29 Å². The Morgan fingerprint density at radius 1 is 1.23 bits per heavy atom. The first-order valence-corrected chi connectivity index (χ1v) is 3.44. The second kappa shape index (κ2) is 3.42. The molecule has 0 atom stereocenters.